The van der Waals surface area contributed by atoms with Crippen molar-refractivity contribution < 1.29 is 4.79 Å². The number of rotatable bonds is 2. The minimum absolute atomic E-state index is 0.264. The summed E-state index contributed by atoms with van der Waals surface area (Å²) in [5.41, 5.74) is 2.29. The zero-order chi connectivity index (χ0) is 13.1. The molecule has 0 radical (unpaired) electrons. The van der Waals surface area contributed by atoms with Crippen molar-refractivity contribution in [3.63, 3.8) is 0 Å². The molecule has 0 aliphatic heterocycles. The Labute approximate surface area is 114 Å². The van der Waals surface area contributed by atoms with Gasteiger partial charge >= 0.3 is 0 Å². The minimum atomic E-state index is -0.264. The number of aryl methyl sites for hydroxylation is 2. The van der Waals surface area contributed by atoms with Crippen molar-refractivity contribution in [1.82, 2.24) is 9.97 Å². The first-order chi connectivity index (χ1) is 8.54. The third kappa shape index (κ3) is 3.13. The number of hydrogen-bond donors (Lipinski definition) is 1. The second-order valence-electron chi connectivity index (χ2n) is 3.99. The van der Waals surface area contributed by atoms with E-state index in [1.807, 2.05) is 26.0 Å². The molecule has 1 N–H and O–H groups in total. The smallest absolute Gasteiger partial charge is 0.275 e. The number of amides is 1. The van der Waals surface area contributed by atoms with E-state index < -0.39 is 0 Å². The van der Waals surface area contributed by atoms with Gasteiger partial charge in [-0.15, -0.1) is 0 Å². The summed E-state index contributed by atoms with van der Waals surface area (Å²) in [6.45, 7) is 3.85. The zero-order valence-electron chi connectivity index (χ0n) is 10.1. The fraction of sp³-hybridized carbons (Fsp3) is 0.154. The third-order valence-electron chi connectivity index (χ3n) is 2.30. The topological polar surface area (TPSA) is 54.9 Å². The Kier molecular flexibility index (Phi) is 3.72. The first-order valence-corrected chi connectivity index (χ1v) is 6.22. The van der Waals surface area contributed by atoms with Gasteiger partial charge in [0.05, 0.1) is 0 Å². The Morgan fingerprint density at radius 1 is 1.28 bits per heavy atom. The Balaban J connectivity index is 2.18. The predicted molar refractivity (Wildman–Crippen MR) is 73.6 cm³/mol. The van der Waals surface area contributed by atoms with Gasteiger partial charge in [-0.05, 0) is 59.6 Å². The molecule has 2 rings (SSSR count). The number of hydrogen-bond acceptors (Lipinski definition) is 3. The van der Waals surface area contributed by atoms with Crippen LogP contribution >= 0.6 is 15.9 Å². The summed E-state index contributed by atoms with van der Waals surface area (Å²) in [6.07, 6.45) is 1.59. The summed E-state index contributed by atoms with van der Waals surface area (Å²) in [7, 11) is 0. The Hall–Kier alpha value is -1.75. The molecule has 5 heteroatoms. The van der Waals surface area contributed by atoms with Gasteiger partial charge < -0.3 is 5.32 Å². The molecule has 0 aromatic carbocycles. The summed E-state index contributed by atoms with van der Waals surface area (Å²) >= 11 is 3.27. The maximum Gasteiger partial charge on any atom is 0.275 e. The van der Waals surface area contributed by atoms with Crippen LogP contribution in [0.25, 0.3) is 0 Å². The van der Waals surface area contributed by atoms with E-state index in [0.717, 1.165) is 15.7 Å². The third-order valence-corrected chi connectivity index (χ3v) is 2.77. The SMILES string of the molecule is Cc1cc(C)nc(NC(=O)c2ccc(Br)cn2)c1. The highest BCUT2D eigenvalue weighted by Crippen LogP contribution is 2.11. The summed E-state index contributed by atoms with van der Waals surface area (Å²) in [4.78, 5) is 20.2. The van der Waals surface area contributed by atoms with Crippen LogP contribution in [0.1, 0.15) is 21.7 Å². The van der Waals surface area contributed by atoms with Gasteiger partial charge in [0.1, 0.15) is 11.5 Å². The number of carbonyl (C=O) groups excluding carboxylic acids is 1. The molecule has 0 bridgehead atoms. The molecule has 18 heavy (non-hydrogen) atoms. The molecule has 0 unspecified atom stereocenters. The lowest BCUT2D eigenvalue weighted by Crippen LogP contribution is -2.14. The summed E-state index contributed by atoms with van der Waals surface area (Å²) < 4.78 is 0.837. The highest BCUT2D eigenvalue weighted by molar-refractivity contribution is 9.10. The quantitative estimate of drug-likeness (QED) is 0.927. The van der Waals surface area contributed by atoms with E-state index >= 15 is 0 Å². The van der Waals surface area contributed by atoms with Crippen LogP contribution in [-0.2, 0) is 0 Å². The van der Waals surface area contributed by atoms with Gasteiger partial charge in [0.15, 0.2) is 0 Å². The molecule has 0 spiro atoms. The van der Waals surface area contributed by atoms with Crippen molar-refractivity contribution >= 4 is 27.7 Å². The molecule has 92 valence electrons. The van der Waals surface area contributed by atoms with Gasteiger partial charge in [0.2, 0.25) is 0 Å². The van der Waals surface area contributed by atoms with E-state index in [4.69, 9.17) is 0 Å². The van der Waals surface area contributed by atoms with Crippen LogP contribution in [0.15, 0.2) is 34.9 Å². The number of halogens is 1. The Bertz CT molecular complexity index is 561. The van der Waals surface area contributed by atoms with Gasteiger partial charge in [0, 0.05) is 16.4 Å². The van der Waals surface area contributed by atoms with E-state index in [0.29, 0.717) is 11.5 Å². The van der Waals surface area contributed by atoms with Crippen LogP contribution < -0.4 is 5.32 Å². The predicted octanol–water partition coefficient (Wildman–Crippen LogP) is 3.11. The molecule has 0 aliphatic rings. The largest absolute Gasteiger partial charge is 0.305 e. The Morgan fingerprint density at radius 3 is 2.67 bits per heavy atom. The molecule has 2 heterocycles. The molecule has 4 nitrogen and oxygen atoms in total. The minimum Gasteiger partial charge on any atom is -0.305 e. The second-order valence-corrected chi connectivity index (χ2v) is 4.90. The highest BCUT2D eigenvalue weighted by Gasteiger charge is 2.08. The van der Waals surface area contributed by atoms with Crippen LogP contribution in [0.5, 0.6) is 0 Å². The number of nitrogens with one attached hydrogen (secondary N) is 1. The van der Waals surface area contributed by atoms with Crippen molar-refractivity contribution in [2.24, 2.45) is 0 Å². The lowest BCUT2D eigenvalue weighted by Gasteiger charge is -2.06. The van der Waals surface area contributed by atoms with Crippen molar-refractivity contribution in [3.05, 3.63) is 51.9 Å². The van der Waals surface area contributed by atoms with E-state index in [1.165, 1.54) is 0 Å². The van der Waals surface area contributed by atoms with Crippen molar-refractivity contribution in [1.29, 1.82) is 0 Å². The maximum absolute atomic E-state index is 11.9. The average molecular weight is 306 g/mol. The van der Waals surface area contributed by atoms with Gasteiger partial charge in [-0.2, -0.15) is 0 Å². The number of carbonyl (C=O) groups is 1. The number of aromatic nitrogens is 2. The van der Waals surface area contributed by atoms with Crippen molar-refractivity contribution in [3.8, 4) is 0 Å². The average Bonchev–Trinajstić information content (AvgIpc) is 2.28. The van der Waals surface area contributed by atoms with Crippen molar-refractivity contribution in [2.75, 3.05) is 5.32 Å². The number of nitrogens with zero attached hydrogens (tertiary/aromatic N) is 2. The van der Waals surface area contributed by atoms with Crippen LogP contribution in [0.2, 0.25) is 0 Å². The molecule has 0 atom stereocenters. The van der Waals surface area contributed by atoms with Crippen LogP contribution in [0.3, 0.4) is 0 Å². The van der Waals surface area contributed by atoms with Crippen LogP contribution in [0, 0.1) is 13.8 Å². The van der Waals surface area contributed by atoms with Gasteiger partial charge in [0.25, 0.3) is 5.91 Å². The molecule has 1 amide bonds. The first kappa shape index (κ1) is 12.7. The first-order valence-electron chi connectivity index (χ1n) is 5.43. The molecule has 0 fully saturated rings. The summed E-state index contributed by atoms with van der Waals surface area (Å²) in [5, 5.41) is 2.73. The molecule has 0 aliphatic carbocycles. The zero-order valence-corrected chi connectivity index (χ0v) is 11.7. The summed E-state index contributed by atoms with van der Waals surface area (Å²) in [5.74, 6) is 0.280. The molecule has 0 saturated carbocycles. The highest BCUT2D eigenvalue weighted by atomic mass is 79.9. The molecular weight excluding hydrogens is 294 g/mol. The lowest BCUT2D eigenvalue weighted by atomic mass is 10.2. The number of pyridine rings is 2. The fourth-order valence-electron chi connectivity index (χ4n) is 1.60. The lowest BCUT2D eigenvalue weighted by molar-refractivity contribution is 0.102. The standard InChI is InChI=1S/C13H12BrN3O/c1-8-5-9(2)16-12(6-8)17-13(18)11-4-3-10(14)7-15-11/h3-7H,1-2H3,(H,16,17,18). The van der Waals surface area contributed by atoms with E-state index in [2.05, 4.69) is 31.2 Å². The fourth-order valence-corrected chi connectivity index (χ4v) is 1.83. The maximum atomic E-state index is 11.9. The van der Waals surface area contributed by atoms with E-state index in [-0.39, 0.29) is 5.91 Å². The summed E-state index contributed by atoms with van der Waals surface area (Å²) in [6, 6.07) is 7.20. The van der Waals surface area contributed by atoms with Crippen LogP contribution in [-0.4, -0.2) is 15.9 Å². The normalized spacial score (nSPS) is 10.2. The van der Waals surface area contributed by atoms with Gasteiger partial charge in [-0.3, -0.25) is 4.79 Å². The molecule has 0 saturated heterocycles. The Morgan fingerprint density at radius 2 is 2.06 bits per heavy atom. The molecule has 2 aromatic rings. The second kappa shape index (κ2) is 5.27. The van der Waals surface area contributed by atoms with Gasteiger partial charge in [-0.1, -0.05) is 0 Å². The molecule has 2 aromatic heterocycles. The van der Waals surface area contributed by atoms with Crippen LogP contribution in [0.4, 0.5) is 5.82 Å². The van der Waals surface area contributed by atoms with E-state index in [1.54, 1.807) is 18.3 Å². The molecular formula is C13H12BrN3O. The van der Waals surface area contributed by atoms with Gasteiger partial charge in [-0.25, -0.2) is 9.97 Å². The number of anilines is 1. The van der Waals surface area contributed by atoms with E-state index in [9.17, 15) is 4.79 Å². The monoisotopic (exact) mass is 305 g/mol. The van der Waals surface area contributed by atoms with Crippen molar-refractivity contribution in [2.45, 2.75) is 13.8 Å².